The van der Waals surface area contributed by atoms with E-state index in [0.717, 1.165) is 5.56 Å². The maximum atomic E-state index is 10.5. The van der Waals surface area contributed by atoms with Gasteiger partial charge in [0.2, 0.25) is 0 Å². The molecule has 0 N–H and O–H groups in total. The number of benzene rings is 1. The zero-order chi connectivity index (χ0) is 10.8. The molecule has 2 aromatic rings. The molecule has 15 heavy (non-hydrogen) atoms. The average Bonchev–Trinajstić information content (AvgIpc) is 2.70. The summed E-state index contributed by atoms with van der Waals surface area (Å²) in [6.07, 6.45) is 1.55. The molecule has 0 bridgehead atoms. The number of nitro benzene ring substituents is 1. The minimum Gasteiger partial charge on any atom is -0.464 e. The summed E-state index contributed by atoms with van der Waals surface area (Å²) in [5.41, 5.74) is 0.768. The van der Waals surface area contributed by atoms with Crippen LogP contribution in [0.3, 0.4) is 0 Å². The quantitative estimate of drug-likeness (QED) is 0.481. The summed E-state index contributed by atoms with van der Waals surface area (Å²) < 4.78 is 5.18. The van der Waals surface area contributed by atoms with Crippen molar-refractivity contribution in [3.63, 3.8) is 0 Å². The molecule has 4 nitrogen and oxygen atoms in total. The fourth-order valence-corrected chi connectivity index (χ4v) is 1.59. The smallest absolute Gasteiger partial charge is 0.270 e. The van der Waals surface area contributed by atoms with Gasteiger partial charge >= 0.3 is 0 Å². The Hall–Kier alpha value is -1.75. The molecule has 0 fully saturated rings. The monoisotopic (exact) mass is 221 g/mol. The SMILES string of the molecule is O=[N+]([O-])c1ccc(-c2ccco2)c(S)c1. The van der Waals surface area contributed by atoms with E-state index in [1.807, 2.05) is 0 Å². The van der Waals surface area contributed by atoms with Gasteiger partial charge in [0.1, 0.15) is 5.76 Å². The third kappa shape index (κ3) is 1.87. The Balaban J connectivity index is 2.48. The Kier molecular flexibility index (Phi) is 2.47. The molecule has 0 saturated carbocycles. The summed E-state index contributed by atoms with van der Waals surface area (Å²) in [5, 5.41) is 10.5. The predicted octanol–water partition coefficient (Wildman–Crippen LogP) is 3.14. The molecule has 5 heteroatoms. The van der Waals surface area contributed by atoms with Crippen molar-refractivity contribution in [3.05, 3.63) is 46.7 Å². The zero-order valence-corrected chi connectivity index (χ0v) is 8.48. The number of hydrogen-bond acceptors (Lipinski definition) is 4. The molecule has 0 atom stereocenters. The van der Waals surface area contributed by atoms with Gasteiger partial charge in [-0.25, -0.2) is 0 Å². The molecule has 0 radical (unpaired) electrons. The first kappa shape index (κ1) is 9.79. The highest BCUT2D eigenvalue weighted by Gasteiger charge is 2.10. The molecule has 2 rings (SSSR count). The number of nitrogens with zero attached hydrogens (tertiary/aromatic N) is 1. The fraction of sp³-hybridized carbons (Fsp3) is 0. The van der Waals surface area contributed by atoms with E-state index in [9.17, 15) is 10.1 Å². The molecule has 0 aliphatic rings. The van der Waals surface area contributed by atoms with Crippen molar-refractivity contribution in [2.45, 2.75) is 4.90 Å². The largest absolute Gasteiger partial charge is 0.464 e. The first-order valence-corrected chi connectivity index (χ1v) is 4.64. The second kappa shape index (κ2) is 3.78. The molecule has 76 valence electrons. The van der Waals surface area contributed by atoms with E-state index in [1.165, 1.54) is 12.1 Å². The maximum Gasteiger partial charge on any atom is 0.270 e. The van der Waals surface area contributed by atoms with Crippen molar-refractivity contribution in [3.8, 4) is 11.3 Å². The summed E-state index contributed by atoms with van der Waals surface area (Å²) in [6.45, 7) is 0. The number of furan rings is 1. The van der Waals surface area contributed by atoms with E-state index in [-0.39, 0.29) is 5.69 Å². The molecule has 0 spiro atoms. The lowest BCUT2D eigenvalue weighted by atomic mass is 10.1. The first-order chi connectivity index (χ1) is 7.18. The number of thiol groups is 1. The van der Waals surface area contributed by atoms with Gasteiger partial charge in [-0.15, -0.1) is 12.6 Å². The van der Waals surface area contributed by atoms with Crippen LogP contribution in [-0.2, 0) is 0 Å². The fourth-order valence-electron chi connectivity index (χ4n) is 1.27. The third-order valence-electron chi connectivity index (χ3n) is 1.98. The first-order valence-electron chi connectivity index (χ1n) is 4.20. The molecular formula is C10H7NO3S. The Morgan fingerprint density at radius 3 is 2.67 bits per heavy atom. The lowest BCUT2D eigenvalue weighted by molar-refractivity contribution is -0.385. The van der Waals surface area contributed by atoms with Crippen molar-refractivity contribution in [2.24, 2.45) is 0 Å². The minimum absolute atomic E-state index is 0.0234. The molecule has 1 aromatic heterocycles. The van der Waals surface area contributed by atoms with Crippen LogP contribution in [0.4, 0.5) is 5.69 Å². The van der Waals surface area contributed by atoms with Gasteiger partial charge in [0.05, 0.1) is 11.2 Å². The molecule has 0 amide bonds. The topological polar surface area (TPSA) is 56.3 Å². The Morgan fingerprint density at radius 1 is 1.33 bits per heavy atom. The van der Waals surface area contributed by atoms with E-state index in [4.69, 9.17) is 4.42 Å². The van der Waals surface area contributed by atoms with Gasteiger partial charge in [0, 0.05) is 22.6 Å². The van der Waals surface area contributed by atoms with E-state index >= 15 is 0 Å². The van der Waals surface area contributed by atoms with Crippen molar-refractivity contribution in [1.29, 1.82) is 0 Å². The molecule has 1 heterocycles. The number of nitro groups is 1. The molecular weight excluding hydrogens is 214 g/mol. The standard InChI is InChI=1S/C10H7NO3S/c12-11(13)7-3-4-8(10(15)6-7)9-2-1-5-14-9/h1-6,15H. The van der Waals surface area contributed by atoms with Crippen molar-refractivity contribution >= 4 is 18.3 Å². The number of rotatable bonds is 2. The number of hydrogen-bond donors (Lipinski definition) is 1. The van der Waals surface area contributed by atoms with Crippen molar-refractivity contribution < 1.29 is 9.34 Å². The van der Waals surface area contributed by atoms with Gasteiger partial charge in [-0.05, 0) is 18.2 Å². The van der Waals surface area contributed by atoms with E-state index in [0.29, 0.717) is 10.7 Å². The molecule has 0 aliphatic heterocycles. The summed E-state index contributed by atoms with van der Waals surface area (Å²) in [5.74, 6) is 0.648. The average molecular weight is 221 g/mol. The second-order valence-electron chi connectivity index (χ2n) is 2.94. The van der Waals surface area contributed by atoms with Crippen LogP contribution >= 0.6 is 12.6 Å². The van der Waals surface area contributed by atoms with Gasteiger partial charge < -0.3 is 4.42 Å². The maximum absolute atomic E-state index is 10.5. The van der Waals surface area contributed by atoms with Gasteiger partial charge in [-0.3, -0.25) is 10.1 Å². The van der Waals surface area contributed by atoms with Crippen LogP contribution in [0.25, 0.3) is 11.3 Å². The normalized spacial score (nSPS) is 10.2. The van der Waals surface area contributed by atoms with Gasteiger partial charge in [0.15, 0.2) is 0 Å². The van der Waals surface area contributed by atoms with Crippen LogP contribution in [0.2, 0.25) is 0 Å². The van der Waals surface area contributed by atoms with E-state index in [2.05, 4.69) is 12.6 Å². The highest BCUT2D eigenvalue weighted by molar-refractivity contribution is 7.80. The van der Waals surface area contributed by atoms with Crippen LogP contribution in [0.5, 0.6) is 0 Å². The Morgan fingerprint density at radius 2 is 2.13 bits per heavy atom. The van der Waals surface area contributed by atoms with Gasteiger partial charge in [0.25, 0.3) is 5.69 Å². The Labute approximate surface area is 91.1 Å². The molecule has 0 aliphatic carbocycles. The zero-order valence-electron chi connectivity index (χ0n) is 7.58. The van der Waals surface area contributed by atoms with E-state index in [1.54, 1.807) is 24.5 Å². The molecule has 0 unspecified atom stereocenters. The highest BCUT2D eigenvalue weighted by Crippen LogP contribution is 2.29. The van der Waals surface area contributed by atoms with Crippen LogP contribution in [0, 0.1) is 10.1 Å². The van der Waals surface area contributed by atoms with Crippen molar-refractivity contribution in [1.82, 2.24) is 0 Å². The Bertz CT molecular complexity index is 493. The van der Waals surface area contributed by atoms with Crippen LogP contribution in [0.1, 0.15) is 0 Å². The predicted molar refractivity (Wildman–Crippen MR) is 58.1 cm³/mol. The lowest BCUT2D eigenvalue weighted by Crippen LogP contribution is -1.88. The summed E-state index contributed by atoms with van der Waals surface area (Å²) in [4.78, 5) is 10.6. The van der Waals surface area contributed by atoms with Crippen molar-refractivity contribution in [2.75, 3.05) is 0 Å². The summed E-state index contributed by atoms with van der Waals surface area (Å²) in [6, 6.07) is 7.99. The second-order valence-corrected chi connectivity index (χ2v) is 3.42. The summed E-state index contributed by atoms with van der Waals surface area (Å²) >= 11 is 4.18. The van der Waals surface area contributed by atoms with Crippen LogP contribution in [-0.4, -0.2) is 4.92 Å². The molecule has 0 saturated heterocycles. The third-order valence-corrected chi connectivity index (χ3v) is 2.35. The van der Waals surface area contributed by atoms with Gasteiger partial charge in [-0.2, -0.15) is 0 Å². The van der Waals surface area contributed by atoms with Crippen LogP contribution < -0.4 is 0 Å². The van der Waals surface area contributed by atoms with E-state index < -0.39 is 4.92 Å². The lowest BCUT2D eigenvalue weighted by Gasteiger charge is -2.00. The van der Waals surface area contributed by atoms with Gasteiger partial charge in [-0.1, -0.05) is 0 Å². The molecule has 1 aromatic carbocycles. The van der Waals surface area contributed by atoms with Crippen LogP contribution in [0.15, 0.2) is 45.9 Å². The highest BCUT2D eigenvalue weighted by atomic mass is 32.1. The minimum atomic E-state index is -0.453. The number of non-ortho nitro benzene ring substituents is 1. The summed E-state index contributed by atoms with van der Waals surface area (Å²) in [7, 11) is 0.